The van der Waals surface area contributed by atoms with Gasteiger partial charge in [-0.1, -0.05) is 78.7 Å². The van der Waals surface area contributed by atoms with E-state index in [-0.39, 0.29) is 30.6 Å². The van der Waals surface area contributed by atoms with Gasteiger partial charge in [-0.3, -0.25) is 9.59 Å². The molecule has 3 rings (SSSR count). The second-order valence-electron chi connectivity index (χ2n) is 8.06. The van der Waals surface area contributed by atoms with Crippen LogP contribution in [-0.2, 0) is 29.0 Å². The molecule has 7 heteroatoms. The van der Waals surface area contributed by atoms with E-state index in [0.29, 0.717) is 28.6 Å². The first kappa shape index (κ1) is 25.7. The van der Waals surface area contributed by atoms with Crippen LogP contribution in [0.3, 0.4) is 0 Å². The van der Waals surface area contributed by atoms with Gasteiger partial charge in [0.25, 0.3) is 0 Å². The Balaban J connectivity index is 1.96. The van der Waals surface area contributed by atoms with Gasteiger partial charge in [-0.05, 0) is 47.4 Å². The van der Waals surface area contributed by atoms with E-state index in [4.69, 9.17) is 23.2 Å². The molecule has 0 saturated carbocycles. The lowest BCUT2D eigenvalue weighted by molar-refractivity contribution is -0.140. The van der Waals surface area contributed by atoms with Gasteiger partial charge < -0.3 is 10.2 Å². The van der Waals surface area contributed by atoms with Crippen LogP contribution in [0.25, 0.3) is 0 Å². The van der Waals surface area contributed by atoms with E-state index in [2.05, 4.69) is 5.32 Å². The molecule has 3 aromatic rings. The molecule has 0 bridgehead atoms. The highest BCUT2D eigenvalue weighted by Crippen LogP contribution is 2.23. The Morgan fingerprint density at radius 3 is 2.32 bits per heavy atom. The summed E-state index contributed by atoms with van der Waals surface area (Å²) in [5.41, 5.74) is 2.27. The second-order valence-corrected chi connectivity index (χ2v) is 8.90. The summed E-state index contributed by atoms with van der Waals surface area (Å²) in [4.78, 5) is 28.4. The van der Waals surface area contributed by atoms with E-state index in [1.165, 1.54) is 12.1 Å². The fourth-order valence-corrected chi connectivity index (χ4v) is 4.11. The molecule has 0 aliphatic carbocycles. The van der Waals surface area contributed by atoms with Crippen molar-refractivity contribution in [1.82, 2.24) is 10.2 Å². The van der Waals surface area contributed by atoms with Gasteiger partial charge in [0.2, 0.25) is 11.8 Å². The van der Waals surface area contributed by atoms with Crippen LogP contribution in [0.1, 0.15) is 30.0 Å². The van der Waals surface area contributed by atoms with E-state index >= 15 is 0 Å². The molecule has 178 valence electrons. The Morgan fingerprint density at radius 2 is 1.68 bits per heavy atom. The van der Waals surface area contributed by atoms with Crippen LogP contribution in [0.4, 0.5) is 4.39 Å². The average molecular weight is 501 g/mol. The van der Waals surface area contributed by atoms with Gasteiger partial charge in [-0.15, -0.1) is 0 Å². The standard InChI is InChI=1S/C27H27Cl2FN2O2/c1-2-14-31-27(34)25(15-19-6-4-3-5-7-19)32(18-20-8-12-23(30)13-9-20)26(33)16-21-10-11-22(28)17-24(21)29/h3-13,17,25H,2,14-16,18H2,1H3,(H,31,34). The molecule has 0 fully saturated rings. The minimum absolute atomic E-state index is 0.00352. The summed E-state index contributed by atoms with van der Waals surface area (Å²) in [6.45, 7) is 2.63. The quantitative estimate of drug-likeness (QED) is 0.380. The summed E-state index contributed by atoms with van der Waals surface area (Å²) in [7, 11) is 0. The molecule has 34 heavy (non-hydrogen) atoms. The summed E-state index contributed by atoms with van der Waals surface area (Å²) < 4.78 is 13.5. The van der Waals surface area contributed by atoms with E-state index in [1.54, 1.807) is 35.2 Å². The lowest BCUT2D eigenvalue weighted by Crippen LogP contribution is -2.51. The van der Waals surface area contributed by atoms with Crippen molar-refractivity contribution >= 4 is 35.0 Å². The highest BCUT2D eigenvalue weighted by molar-refractivity contribution is 6.35. The number of halogens is 3. The molecule has 1 atom stereocenters. The van der Waals surface area contributed by atoms with Crippen molar-refractivity contribution in [3.63, 3.8) is 0 Å². The van der Waals surface area contributed by atoms with E-state index in [0.717, 1.165) is 17.5 Å². The van der Waals surface area contributed by atoms with Crippen molar-refractivity contribution in [2.45, 2.75) is 38.8 Å². The summed E-state index contributed by atoms with van der Waals surface area (Å²) >= 11 is 12.3. The first-order chi connectivity index (χ1) is 16.4. The molecule has 2 amide bonds. The highest BCUT2D eigenvalue weighted by Gasteiger charge is 2.30. The average Bonchev–Trinajstić information content (AvgIpc) is 2.83. The van der Waals surface area contributed by atoms with Crippen molar-refractivity contribution in [3.8, 4) is 0 Å². The minimum Gasteiger partial charge on any atom is -0.354 e. The van der Waals surface area contributed by atoms with Gasteiger partial charge in [-0.25, -0.2) is 4.39 Å². The molecule has 4 nitrogen and oxygen atoms in total. The van der Waals surface area contributed by atoms with Crippen LogP contribution in [0.5, 0.6) is 0 Å². The molecule has 0 heterocycles. The molecule has 0 saturated heterocycles. The highest BCUT2D eigenvalue weighted by atomic mass is 35.5. The van der Waals surface area contributed by atoms with Crippen LogP contribution in [-0.4, -0.2) is 29.3 Å². The first-order valence-corrected chi connectivity index (χ1v) is 11.9. The Kier molecular flexibility index (Phi) is 9.49. The van der Waals surface area contributed by atoms with E-state index in [9.17, 15) is 14.0 Å². The van der Waals surface area contributed by atoms with Gasteiger partial charge in [-0.2, -0.15) is 0 Å². The van der Waals surface area contributed by atoms with Crippen molar-refractivity contribution in [2.75, 3.05) is 6.54 Å². The number of hydrogen-bond acceptors (Lipinski definition) is 2. The third-order valence-electron chi connectivity index (χ3n) is 5.44. The number of rotatable bonds is 10. The fourth-order valence-electron chi connectivity index (χ4n) is 3.64. The summed E-state index contributed by atoms with van der Waals surface area (Å²) in [5, 5.41) is 3.79. The monoisotopic (exact) mass is 500 g/mol. The molecular formula is C27H27Cl2FN2O2. The van der Waals surface area contributed by atoms with Crippen molar-refractivity contribution < 1.29 is 14.0 Å². The molecule has 1 unspecified atom stereocenters. The zero-order valence-corrected chi connectivity index (χ0v) is 20.5. The van der Waals surface area contributed by atoms with Crippen LogP contribution in [0, 0.1) is 5.82 Å². The number of carbonyl (C=O) groups excluding carboxylic acids is 2. The van der Waals surface area contributed by atoms with Crippen molar-refractivity contribution in [3.05, 3.63) is 105 Å². The Bertz CT molecular complexity index is 1110. The molecule has 0 spiro atoms. The normalized spacial score (nSPS) is 11.6. The Hall–Kier alpha value is -2.89. The van der Waals surface area contributed by atoms with Gasteiger partial charge >= 0.3 is 0 Å². The van der Waals surface area contributed by atoms with E-state index in [1.807, 2.05) is 37.3 Å². The lowest BCUT2D eigenvalue weighted by atomic mass is 10.0. The summed E-state index contributed by atoms with van der Waals surface area (Å²) in [6.07, 6.45) is 1.12. The summed E-state index contributed by atoms with van der Waals surface area (Å²) in [6, 6.07) is 19.7. The number of nitrogens with one attached hydrogen (secondary N) is 1. The molecule has 0 aliphatic rings. The third kappa shape index (κ3) is 7.31. The molecular weight excluding hydrogens is 474 g/mol. The van der Waals surface area contributed by atoms with E-state index < -0.39 is 6.04 Å². The van der Waals surface area contributed by atoms with Crippen LogP contribution in [0.15, 0.2) is 72.8 Å². The zero-order chi connectivity index (χ0) is 24.5. The molecule has 3 aromatic carbocycles. The van der Waals surface area contributed by atoms with Crippen molar-refractivity contribution in [2.24, 2.45) is 0 Å². The van der Waals surface area contributed by atoms with Crippen LogP contribution < -0.4 is 5.32 Å². The number of amides is 2. The van der Waals surface area contributed by atoms with Crippen LogP contribution >= 0.6 is 23.2 Å². The van der Waals surface area contributed by atoms with Crippen LogP contribution in [0.2, 0.25) is 10.0 Å². The maximum absolute atomic E-state index is 13.6. The maximum atomic E-state index is 13.6. The van der Waals surface area contributed by atoms with Crippen molar-refractivity contribution in [1.29, 1.82) is 0 Å². The predicted molar refractivity (Wildman–Crippen MR) is 134 cm³/mol. The Morgan fingerprint density at radius 1 is 0.971 bits per heavy atom. The molecule has 0 aliphatic heterocycles. The number of carbonyl (C=O) groups is 2. The number of nitrogens with zero attached hydrogens (tertiary/aromatic N) is 1. The predicted octanol–water partition coefficient (Wildman–Crippen LogP) is 5.84. The van der Waals surface area contributed by atoms with Gasteiger partial charge in [0.05, 0.1) is 6.42 Å². The third-order valence-corrected chi connectivity index (χ3v) is 6.03. The Labute approximate surface area is 209 Å². The van der Waals surface area contributed by atoms with Gasteiger partial charge in [0, 0.05) is 29.6 Å². The number of benzene rings is 3. The zero-order valence-electron chi connectivity index (χ0n) is 18.9. The van der Waals surface area contributed by atoms with Gasteiger partial charge in [0.1, 0.15) is 11.9 Å². The summed E-state index contributed by atoms with van der Waals surface area (Å²) in [5.74, 6) is -0.861. The molecule has 0 aromatic heterocycles. The lowest BCUT2D eigenvalue weighted by Gasteiger charge is -2.32. The first-order valence-electron chi connectivity index (χ1n) is 11.2. The largest absolute Gasteiger partial charge is 0.354 e. The topological polar surface area (TPSA) is 49.4 Å². The maximum Gasteiger partial charge on any atom is 0.243 e. The molecule has 1 N–H and O–H groups in total. The minimum atomic E-state index is -0.752. The fraction of sp³-hybridized carbons (Fsp3) is 0.259. The molecule has 0 radical (unpaired) electrons. The smallest absolute Gasteiger partial charge is 0.243 e. The SMILES string of the molecule is CCCNC(=O)C(Cc1ccccc1)N(Cc1ccc(F)cc1)C(=O)Cc1ccc(Cl)cc1Cl. The number of hydrogen-bond donors (Lipinski definition) is 1. The second kappa shape index (κ2) is 12.5. The van der Waals surface area contributed by atoms with Gasteiger partial charge in [0.15, 0.2) is 0 Å².